The molecule has 0 amide bonds. The zero-order valence-electron chi connectivity index (χ0n) is 8.76. The largest absolute Gasteiger partial charge is 0.480 e. The number of ketones is 1. The average molecular weight is 186 g/mol. The molecule has 0 heterocycles. The van der Waals surface area contributed by atoms with Crippen LogP contribution in [0.5, 0.6) is 0 Å². The van der Waals surface area contributed by atoms with Crippen molar-refractivity contribution in [2.45, 2.75) is 40.5 Å². The van der Waals surface area contributed by atoms with Gasteiger partial charge >= 0.3 is 5.97 Å². The molecule has 3 heteroatoms. The molecule has 0 rings (SSSR count). The van der Waals surface area contributed by atoms with E-state index in [0.29, 0.717) is 12.8 Å². The zero-order valence-corrected chi connectivity index (χ0v) is 8.76. The minimum atomic E-state index is -1.16. The van der Waals surface area contributed by atoms with Gasteiger partial charge in [-0.3, -0.25) is 9.59 Å². The highest BCUT2D eigenvalue weighted by molar-refractivity contribution is 6.03. The van der Waals surface area contributed by atoms with Crippen LogP contribution >= 0.6 is 0 Å². The van der Waals surface area contributed by atoms with E-state index in [2.05, 4.69) is 0 Å². The van der Waals surface area contributed by atoms with Gasteiger partial charge in [-0.25, -0.2) is 0 Å². The third-order valence-electron chi connectivity index (χ3n) is 2.61. The highest BCUT2D eigenvalue weighted by atomic mass is 16.4. The standard InChI is InChI=1S/C10H18O3/c1-5-10(6-2,9(12)13)8(11)7(3)4/h7H,5-6H2,1-4H3,(H,12,13). The molecular weight excluding hydrogens is 168 g/mol. The molecule has 76 valence electrons. The van der Waals surface area contributed by atoms with Gasteiger partial charge in [0.05, 0.1) is 0 Å². The predicted octanol–water partition coefficient (Wildman–Crippen LogP) is 2.10. The molecule has 0 aromatic rings. The number of carboxylic acids is 1. The third kappa shape index (κ3) is 2.08. The molecule has 13 heavy (non-hydrogen) atoms. The maximum Gasteiger partial charge on any atom is 0.317 e. The SMILES string of the molecule is CCC(CC)(C(=O)O)C(=O)C(C)C. The van der Waals surface area contributed by atoms with Gasteiger partial charge < -0.3 is 5.11 Å². The highest BCUT2D eigenvalue weighted by Crippen LogP contribution is 2.30. The van der Waals surface area contributed by atoms with E-state index in [-0.39, 0.29) is 11.7 Å². The van der Waals surface area contributed by atoms with Crippen LogP contribution in [0.2, 0.25) is 0 Å². The molecule has 0 atom stereocenters. The molecule has 1 N–H and O–H groups in total. The van der Waals surface area contributed by atoms with Gasteiger partial charge in [0.1, 0.15) is 5.41 Å². The van der Waals surface area contributed by atoms with Crippen molar-refractivity contribution in [3.05, 3.63) is 0 Å². The second kappa shape index (κ2) is 4.40. The van der Waals surface area contributed by atoms with Crippen LogP contribution in [-0.4, -0.2) is 16.9 Å². The Hall–Kier alpha value is -0.860. The van der Waals surface area contributed by atoms with Crippen molar-refractivity contribution in [2.75, 3.05) is 0 Å². The monoisotopic (exact) mass is 186 g/mol. The molecule has 0 spiro atoms. The Labute approximate surface area is 79.1 Å². The van der Waals surface area contributed by atoms with Crippen LogP contribution in [0.4, 0.5) is 0 Å². The van der Waals surface area contributed by atoms with Crippen LogP contribution in [-0.2, 0) is 9.59 Å². The van der Waals surface area contributed by atoms with Crippen LogP contribution in [0, 0.1) is 11.3 Å². The molecular formula is C10H18O3. The van der Waals surface area contributed by atoms with Crippen LogP contribution < -0.4 is 0 Å². The molecule has 0 aromatic heterocycles. The molecule has 3 nitrogen and oxygen atoms in total. The molecule has 0 aliphatic heterocycles. The smallest absolute Gasteiger partial charge is 0.317 e. The van der Waals surface area contributed by atoms with Crippen LogP contribution in [0.15, 0.2) is 0 Å². The minimum Gasteiger partial charge on any atom is -0.480 e. The molecule has 0 bridgehead atoms. The summed E-state index contributed by atoms with van der Waals surface area (Å²) < 4.78 is 0. The maximum absolute atomic E-state index is 11.7. The van der Waals surface area contributed by atoms with Crippen LogP contribution in [0.25, 0.3) is 0 Å². The minimum absolute atomic E-state index is 0.162. The molecule has 0 unspecified atom stereocenters. The predicted molar refractivity (Wildman–Crippen MR) is 50.5 cm³/mol. The van der Waals surface area contributed by atoms with E-state index in [4.69, 9.17) is 5.11 Å². The fourth-order valence-electron chi connectivity index (χ4n) is 1.56. The maximum atomic E-state index is 11.7. The van der Waals surface area contributed by atoms with E-state index in [1.54, 1.807) is 27.7 Å². The van der Waals surface area contributed by atoms with Gasteiger partial charge in [0.2, 0.25) is 0 Å². The summed E-state index contributed by atoms with van der Waals surface area (Å²) in [7, 11) is 0. The lowest BCUT2D eigenvalue weighted by Crippen LogP contribution is -2.40. The Morgan fingerprint density at radius 2 is 1.62 bits per heavy atom. The van der Waals surface area contributed by atoms with Crippen molar-refractivity contribution < 1.29 is 14.7 Å². The Morgan fingerprint density at radius 1 is 1.23 bits per heavy atom. The van der Waals surface area contributed by atoms with Crippen molar-refractivity contribution in [3.8, 4) is 0 Å². The number of rotatable bonds is 5. The van der Waals surface area contributed by atoms with Crippen molar-refractivity contribution in [2.24, 2.45) is 11.3 Å². The Balaban J connectivity index is 4.98. The summed E-state index contributed by atoms with van der Waals surface area (Å²) in [6, 6.07) is 0. The fourth-order valence-corrected chi connectivity index (χ4v) is 1.56. The summed E-state index contributed by atoms with van der Waals surface area (Å²) >= 11 is 0. The van der Waals surface area contributed by atoms with Gasteiger partial charge in [-0.15, -0.1) is 0 Å². The number of carbonyl (C=O) groups excluding carboxylic acids is 1. The van der Waals surface area contributed by atoms with Gasteiger partial charge in [-0.1, -0.05) is 27.7 Å². The van der Waals surface area contributed by atoms with Gasteiger partial charge in [-0.2, -0.15) is 0 Å². The summed E-state index contributed by atoms with van der Waals surface area (Å²) in [5.41, 5.74) is -1.16. The molecule has 0 fully saturated rings. The van der Waals surface area contributed by atoms with E-state index in [1.807, 2.05) is 0 Å². The quantitative estimate of drug-likeness (QED) is 0.669. The molecule has 0 radical (unpaired) electrons. The summed E-state index contributed by atoms with van der Waals surface area (Å²) in [6.07, 6.45) is 0.742. The topological polar surface area (TPSA) is 54.4 Å². The average Bonchev–Trinajstić information content (AvgIpc) is 2.06. The number of hydrogen-bond donors (Lipinski definition) is 1. The first-order chi connectivity index (χ1) is 5.92. The Morgan fingerprint density at radius 3 is 1.69 bits per heavy atom. The number of carboxylic acid groups (broad SMARTS) is 1. The van der Waals surface area contributed by atoms with E-state index in [9.17, 15) is 9.59 Å². The van der Waals surface area contributed by atoms with Crippen molar-refractivity contribution >= 4 is 11.8 Å². The van der Waals surface area contributed by atoms with Crippen LogP contribution in [0.3, 0.4) is 0 Å². The molecule has 0 aliphatic carbocycles. The highest BCUT2D eigenvalue weighted by Gasteiger charge is 2.43. The second-order valence-corrected chi connectivity index (χ2v) is 3.61. The molecule has 0 aromatic carbocycles. The normalized spacial score (nSPS) is 11.8. The second-order valence-electron chi connectivity index (χ2n) is 3.61. The van der Waals surface area contributed by atoms with Gasteiger partial charge in [-0.05, 0) is 12.8 Å². The van der Waals surface area contributed by atoms with E-state index >= 15 is 0 Å². The van der Waals surface area contributed by atoms with E-state index in [1.165, 1.54) is 0 Å². The first kappa shape index (κ1) is 12.1. The fraction of sp³-hybridized carbons (Fsp3) is 0.800. The lowest BCUT2D eigenvalue weighted by molar-refractivity contribution is -0.156. The number of aliphatic carboxylic acids is 1. The first-order valence-corrected chi connectivity index (χ1v) is 4.70. The number of hydrogen-bond acceptors (Lipinski definition) is 2. The van der Waals surface area contributed by atoms with Crippen LogP contribution in [0.1, 0.15) is 40.5 Å². The van der Waals surface area contributed by atoms with E-state index in [0.717, 1.165) is 0 Å². The van der Waals surface area contributed by atoms with Crippen molar-refractivity contribution in [1.82, 2.24) is 0 Å². The third-order valence-corrected chi connectivity index (χ3v) is 2.61. The summed E-state index contributed by atoms with van der Waals surface area (Å²) in [5.74, 6) is -1.36. The summed E-state index contributed by atoms with van der Waals surface area (Å²) in [5, 5.41) is 9.02. The number of Topliss-reactive ketones (excluding diaryl/α,β-unsaturated/α-hetero) is 1. The molecule has 0 saturated carbocycles. The Bertz CT molecular complexity index is 202. The zero-order chi connectivity index (χ0) is 10.6. The van der Waals surface area contributed by atoms with Crippen molar-refractivity contribution in [1.29, 1.82) is 0 Å². The van der Waals surface area contributed by atoms with E-state index < -0.39 is 11.4 Å². The first-order valence-electron chi connectivity index (χ1n) is 4.70. The lowest BCUT2D eigenvalue weighted by atomic mass is 9.74. The summed E-state index contributed by atoms with van der Waals surface area (Å²) in [4.78, 5) is 22.7. The molecule has 0 aliphatic rings. The molecule has 0 saturated heterocycles. The Kier molecular flexibility index (Phi) is 4.11. The van der Waals surface area contributed by atoms with Crippen molar-refractivity contribution in [3.63, 3.8) is 0 Å². The van der Waals surface area contributed by atoms with Gasteiger partial charge in [0, 0.05) is 5.92 Å². The lowest BCUT2D eigenvalue weighted by Gasteiger charge is -2.26. The summed E-state index contributed by atoms with van der Waals surface area (Å²) in [6.45, 7) is 6.98. The number of carbonyl (C=O) groups is 2. The van der Waals surface area contributed by atoms with Gasteiger partial charge in [0.25, 0.3) is 0 Å². The van der Waals surface area contributed by atoms with Gasteiger partial charge in [0.15, 0.2) is 5.78 Å².